The van der Waals surface area contributed by atoms with E-state index in [1.54, 1.807) is 0 Å². The lowest BCUT2D eigenvalue weighted by molar-refractivity contribution is -0.121. The van der Waals surface area contributed by atoms with E-state index in [9.17, 15) is 4.79 Å². The summed E-state index contributed by atoms with van der Waals surface area (Å²) in [6, 6.07) is 5.93. The van der Waals surface area contributed by atoms with Crippen LogP contribution in [0.3, 0.4) is 0 Å². The molecule has 0 unspecified atom stereocenters. The lowest BCUT2D eigenvalue weighted by atomic mass is 9.84. The molecule has 0 saturated carbocycles. The van der Waals surface area contributed by atoms with Crippen LogP contribution in [-0.4, -0.2) is 32.8 Å². The number of carbonyl (C=O) groups is 1. The summed E-state index contributed by atoms with van der Waals surface area (Å²) in [5.41, 5.74) is 0.965. The molecular formula is C15H23ClN2O3. The van der Waals surface area contributed by atoms with Crippen LogP contribution in [0.5, 0.6) is 11.5 Å². The molecule has 0 radical (unpaired) electrons. The zero-order chi connectivity index (χ0) is 14.6. The first kappa shape index (κ1) is 17.6. The summed E-state index contributed by atoms with van der Waals surface area (Å²) < 4.78 is 10.7. The SMILES string of the molecule is CNCCC(=O)NCC(C)(C)c1ccc2c(c1)OCO2.Cl. The Hall–Kier alpha value is -1.46. The molecule has 0 spiro atoms. The topological polar surface area (TPSA) is 59.6 Å². The molecule has 1 aliphatic heterocycles. The molecule has 2 rings (SSSR count). The average molecular weight is 315 g/mol. The molecule has 118 valence electrons. The smallest absolute Gasteiger partial charge is 0.231 e. The fourth-order valence-corrected chi connectivity index (χ4v) is 2.07. The fourth-order valence-electron chi connectivity index (χ4n) is 2.07. The summed E-state index contributed by atoms with van der Waals surface area (Å²) in [7, 11) is 1.84. The second kappa shape index (κ2) is 7.52. The Kier molecular flexibility index (Phi) is 6.30. The standard InChI is InChI=1S/C15H22N2O3.ClH/c1-15(2,9-17-14(18)6-7-16-3)11-4-5-12-13(8-11)20-10-19-12;/h4-5,8,16H,6-7,9-10H2,1-3H3,(H,17,18);1H. The van der Waals surface area contributed by atoms with Crippen molar-refractivity contribution in [2.45, 2.75) is 25.7 Å². The van der Waals surface area contributed by atoms with Gasteiger partial charge in [-0.25, -0.2) is 0 Å². The fraction of sp³-hybridized carbons (Fsp3) is 0.533. The van der Waals surface area contributed by atoms with Crippen LogP contribution >= 0.6 is 12.4 Å². The molecule has 1 aromatic rings. The van der Waals surface area contributed by atoms with Crippen molar-refractivity contribution in [3.05, 3.63) is 23.8 Å². The number of hydrogen-bond donors (Lipinski definition) is 2. The largest absolute Gasteiger partial charge is 0.454 e. The maximum Gasteiger partial charge on any atom is 0.231 e. The molecule has 1 aliphatic rings. The van der Waals surface area contributed by atoms with Crippen molar-refractivity contribution in [1.29, 1.82) is 0 Å². The number of halogens is 1. The molecule has 21 heavy (non-hydrogen) atoms. The molecule has 6 heteroatoms. The minimum atomic E-state index is -0.156. The van der Waals surface area contributed by atoms with E-state index >= 15 is 0 Å². The van der Waals surface area contributed by atoms with Crippen LogP contribution in [0.1, 0.15) is 25.8 Å². The predicted molar refractivity (Wildman–Crippen MR) is 84.4 cm³/mol. The number of rotatable bonds is 6. The highest BCUT2D eigenvalue weighted by Gasteiger charge is 2.24. The molecule has 1 amide bonds. The molecule has 1 heterocycles. The Morgan fingerprint density at radius 2 is 2.00 bits per heavy atom. The van der Waals surface area contributed by atoms with Crippen molar-refractivity contribution in [2.24, 2.45) is 0 Å². The van der Waals surface area contributed by atoms with Crippen molar-refractivity contribution < 1.29 is 14.3 Å². The van der Waals surface area contributed by atoms with Crippen LogP contribution in [0.2, 0.25) is 0 Å². The molecule has 5 nitrogen and oxygen atoms in total. The van der Waals surface area contributed by atoms with Crippen molar-refractivity contribution in [1.82, 2.24) is 10.6 Å². The highest BCUT2D eigenvalue weighted by atomic mass is 35.5. The summed E-state index contributed by atoms with van der Waals surface area (Å²) in [6.45, 7) is 5.76. The minimum absolute atomic E-state index is 0. The van der Waals surface area contributed by atoms with E-state index in [2.05, 4.69) is 24.5 Å². The van der Waals surface area contributed by atoms with E-state index in [-0.39, 0.29) is 30.5 Å². The molecule has 2 N–H and O–H groups in total. The highest BCUT2D eigenvalue weighted by Crippen LogP contribution is 2.36. The van der Waals surface area contributed by atoms with Crippen molar-refractivity contribution >= 4 is 18.3 Å². The van der Waals surface area contributed by atoms with Crippen molar-refractivity contribution in [2.75, 3.05) is 26.9 Å². The van der Waals surface area contributed by atoms with Gasteiger partial charge in [0.05, 0.1) is 0 Å². The number of amides is 1. The quantitative estimate of drug-likeness (QED) is 0.841. The first-order chi connectivity index (χ1) is 9.53. The molecule has 0 fully saturated rings. The van der Waals surface area contributed by atoms with Gasteiger partial charge in [-0.15, -0.1) is 12.4 Å². The van der Waals surface area contributed by atoms with Gasteiger partial charge in [-0.1, -0.05) is 19.9 Å². The van der Waals surface area contributed by atoms with E-state index in [1.165, 1.54) is 0 Å². The number of ether oxygens (including phenoxy) is 2. The van der Waals surface area contributed by atoms with E-state index < -0.39 is 0 Å². The van der Waals surface area contributed by atoms with Gasteiger partial charge in [0.2, 0.25) is 12.7 Å². The van der Waals surface area contributed by atoms with Gasteiger partial charge in [-0.05, 0) is 24.7 Å². The van der Waals surface area contributed by atoms with Gasteiger partial charge >= 0.3 is 0 Å². The second-order valence-corrected chi connectivity index (χ2v) is 5.58. The number of fused-ring (bicyclic) bond motifs is 1. The van der Waals surface area contributed by atoms with Crippen LogP contribution in [0.25, 0.3) is 0 Å². The molecule has 0 bridgehead atoms. The van der Waals surface area contributed by atoms with Gasteiger partial charge < -0.3 is 20.1 Å². The molecule has 0 atom stereocenters. The Morgan fingerprint density at radius 1 is 1.29 bits per heavy atom. The van der Waals surface area contributed by atoms with E-state index in [1.807, 2.05) is 25.2 Å². The summed E-state index contributed by atoms with van der Waals surface area (Å²) in [5.74, 6) is 1.62. The number of benzene rings is 1. The minimum Gasteiger partial charge on any atom is -0.454 e. The summed E-state index contributed by atoms with van der Waals surface area (Å²) in [6.07, 6.45) is 0.494. The van der Waals surface area contributed by atoms with Gasteiger partial charge in [-0.3, -0.25) is 4.79 Å². The Balaban J connectivity index is 0.00000220. The van der Waals surface area contributed by atoms with Crippen LogP contribution in [0.15, 0.2) is 18.2 Å². The normalized spacial score (nSPS) is 12.7. The zero-order valence-electron chi connectivity index (χ0n) is 12.7. The van der Waals surface area contributed by atoms with Gasteiger partial charge in [0.25, 0.3) is 0 Å². The third-order valence-corrected chi connectivity index (χ3v) is 3.48. The maximum atomic E-state index is 11.7. The second-order valence-electron chi connectivity index (χ2n) is 5.58. The van der Waals surface area contributed by atoms with Crippen LogP contribution in [0, 0.1) is 0 Å². The van der Waals surface area contributed by atoms with E-state index in [0.29, 0.717) is 19.5 Å². The van der Waals surface area contributed by atoms with Crippen LogP contribution < -0.4 is 20.1 Å². The first-order valence-electron chi connectivity index (χ1n) is 6.84. The van der Waals surface area contributed by atoms with E-state index in [0.717, 1.165) is 17.1 Å². The number of carbonyl (C=O) groups excluding carboxylic acids is 1. The third kappa shape index (κ3) is 4.51. The number of hydrogen-bond acceptors (Lipinski definition) is 4. The van der Waals surface area contributed by atoms with Gasteiger partial charge in [0, 0.05) is 24.9 Å². The molecule has 0 aromatic heterocycles. The van der Waals surface area contributed by atoms with Crippen LogP contribution in [-0.2, 0) is 10.2 Å². The summed E-state index contributed by atoms with van der Waals surface area (Å²) in [4.78, 5) is 11.7. The number of nitrogens with one attached hydrogen (secondary N) is 2. The maximum absolute atomic E-state index is 11.7. The predicted octanol–water partition coefficient (Wildman–Crippen LogP) is 1.84. The molecule has 0 saturated heterocycles. The zero-order valence-corrected chi connectivity index (χ0v) is 13.5. The summed E-state index contributed by atoms with van der Waals surface area (Å²) in [5, 5.41) is 5.94. The van der Waals surface area contributed by atoms with Gasteiger partial charge in [0.1, 0.15) is 0 Å². The molecular weight excluding hydrogens is 292 g/mol. The highest BCUT2D eigenvalue weighted by molar-refractivity contribution is 5.85. The van der Waals surface area contributed by atoms with Gasteiger partial charge in [-0.2, -0.15) is 0 Å². The third-order valence-electron chi connectivity index (χ3n) is 3.48. The van der Waals surface area contributed by atoms with Crippen molar-refractivity contribution in [3.8, 4) is 11.5 Å². The Bertz CT molecular complexity index is 492. The monoisotopic (exact) mass is 314 g/mol. The summed E-state index contributed by atoms with van der Waals surface area (Å²) >= 11 is 0. The first-order valence-corrected chi connectivity index (χ1v) is 6.84. The van der Waals surface area contributed by atoms with Gasteiger partial charge in [0.15, 0.2) is 11.5 Å². The average Bonchev–Trinajstić information content (AvgIpc) is 2.90. The Morgan fingerprint density at radius 3 is 2.71 bits per heavy atom. The molecule has 0 aliphatic carbocycles. The molecule has 1 aromatic carbocycles. The van der Waals surface area contributed by atoms with Crippen LogP contribution in [0.4, 0.5) is 0 Å². The Labute approximate surface area is 131 Å². The lowest BCUT2D eigenvalue weighted by Crippen LogP contribution is -2.37. The van der Waals surface area contributed by atoms with E-state index in [4.69, 9.17) is 9.47 Å². The van der Waals surface area contributed by atoms with Crippen molar-refractivity contribution in [3.63, 3.8) is 0 Å². The lowest BCUT2D eigenvalue weighted by Gasteiger charge is -2.26.